The lowest BCUT2D eigenvalue weighted by molar-refractivity contribution is -0.136. The van der Waals surface area contributed by atoms with Crippen LogP contribution in [0.15, 0.2) is 91.4 Å². The highest BCUT2D eigenvalue weighted by molar-refractivity contribution is 6.25. The smallest absolute Gasteiger partial charge is 0.269 e. The fourth-order valence-corrected chi connectivity index (χ4v) is 7.83. The van der Waals surface area contributed by atoms with Crippen molar-refractivity contribution in [2.45, 2.75) is 63.7 Å². The summed E-state index contributed by atoms with van der Waals surface area (Å²) in [4.78, 5) is 87.2. The van der Waals surface area contributed by atoms with E-state index in [-0.39, 0.29) is 54.1 Å². The van der Waals surface area contributed by atoms with Crippen LogP contribution in [0.3, 0.4) is 0 Å². The van der Waals surface area contributed by atoms with Gasteiger partial charge in [0.15, 0.2) is 0 Å². The third-order valence-electron chi connectivity index (χ3n) is 11.3. The lowest BCUT2D eigenvalue weighted by Gasteiger charge is -2.27. The van der Waals surface area contributed by atoms with Gasteiger partial charge in [0.25, 0.3) is 23.6 Å². The number of aryl methyl sites for hydroxylation is 1. The number of para-hydroxylation sites is 1. The minimum absolute atomic E-state index is 0.0385. The fraction of sp³-hybridized carbons (Fsp3) is 0.261. The summed E-state index contributed by atoms with van der Waals surface area (Å²) in [6.07, 6.45) is 8.36. The van der Waals surface area contributed by atoms with E-state index in [2.05, 4.69) is 46.9 Å². The molecule has 1 aliphatic carbocycles. The van der Waals surface area contributed by atoms with Gasteiger partial charge in [-0.05, 0) is 68.5 Å². The summed E-state index contributed by atoms with van der Waals surface area (Å²) in [5, 5.41) is 24.0. The Morgan fingerprint density at radius 2 is 1.72 bits per heavy atom. The Hall–Kier alpha value is -8.02. The van der Waals surface area contributed by atoms with Gasteiger partial charge in [0.2, 0.25) is 11.8 Å². The number of aromatic nitrogens is 5. The fourth-order valence-electron chi connectivity index (χ4n) is 7.83. The zero-order valence-electron chi connectivity index (χ0n) is 34.7. The third-order valence-corrected chi connectivity index (χ3v) is 11.3. The van der Waals surface area contributed by atoms with Gasteiger partial charge in [0.1, 0.15) is 23.2 Å². The molecule has 1 saturated heterocycles. The molecule has 1 atom stereocenters. The number of hydrogen-bond acceptors (Lipinski definition) is 13. The molecule has 3 aliphatic rings. The first-order chi connectivity index (χ1) is 31.1. The summed E-state index contributed by atoms with van der Waals surface area (Å²) in [5.41, 5.74) is 5.55. The van der Waals surface area contributed by atoms with Crippen LogP contribution >= 0.6 is 0 Å². The van der Waals surface area contributed by atoms with E-state index >= 15 is 0 Å². The number of imide groups is 2. The number of benzene rings is 3. The highest BCUT2D eigenvalue weighted by atomic mass is 16.5. The van der Waals surface area contributed by atoms with Crippen LogP contribution in [0.25, 0.3) is 22.0 Å². The maximum Gasteiger partial charge on any atom is 0.269 e. The van der Waals surface area contributed by atoms with Gasteiger partial charge in [-0.1, -0.05) is 35.5 Å². The number of anilines is 3. The molecule has 3 aromatic carbocycles. The normalized spacial score (nSPS) is 15.8. The summed E-state index contributed by atoms with van der Waals surface area (Å²) in [6, 6.07) is 20.8. The van der Waals surface area contributed by atoms with Crippen molar-refractivity contribution >= 4 is 63.4 Å². The highest BCUT2D eigenvalue weighted by Gasteiger charge is 2.45. The van der Waals surface area contributed by atoms with E-state index in [9.17, 15) is 28.8 Å². The van der Waals surface area contributed by atoms with Crippen molar-refractivity contribution in [1.29, 1.82) is 0 Å². The summed E-state index contributed by atoms with van der Waals surface area (Å²) in [6.45, 7) is 1.17. The summed E-state index contributed by atoms with van der Waals surface area (Å²) in [7, 11) is 1.58. The van der Waals surface area contributed by atoms with Crippen molar-refractivity contribution in [3.8, 4) is 16.9 Å². The number of rotatable bonds is 16. The van der Waals surface area contributed by atoms with Crippen LogP contribution in [0, 0.1) is 0 Å². The number of fused-ring (bicyclic) bond motifs is 2. The number of nitrogens with one attached hydrogen (secondary N) is 5. The summed E-state index contributed by atoms with van der Waals surface area (Å²) < 4.78 is 7.46. The molecule has 9 rings (SSSR count). The molecule has 2 aliphatic heterocycles. The first-order valence-corrected chi connectivity index (χ1v) is 21.0. The number of pyridine rings is 2. The number of piperidine rings is 1. The molecule has 1 unspecified atom stereocenters. The molecule has 0 spiro atoms. The van der Waals surface area contributed by atoms with Crippen LogP contribution in [0.4, 0.5) is 17.1 Å². The van der Waals surface area contributed by atoms with Gasteiger partial charge >= 0.3 is 0 Å². The zero-order chi connectivity index (χ0) is 44.3. The predicted octanol–water partition coefficient (Wildman–Crippen LogP) is 4.76. The first kappa shape index (κ1) is 41.3. The van der Waals surface area contributed by atoms with E-state index in [0.717, 1.165) is 28.8 Å². The highest BCUT2D eigenvalue weighted by Crippen LogP contribution is 2.39. The predicted molar refractivity (Wildman–Crippen MR) is 234 cm³/mol. The number of carbonyl (C=O) groups excluding carboxylic acids is 6. The summed E-state index contributed by atoms with van der Waals surface area (Å²) in [5.74, 6) is -2.23. The first-order valence-electron chi connectivity index (χ1n) is 21.0. The van der Waals surface area contributed by atoms with Crippen molar-refractivity contribution in [2.75, 3.05) is 24.3 Å². The SMILES string of the molecule is COc1cc2ncc(C(=O)NC3CC3)c(Nc3ccccc3)c2cc1-c1ccc(C(=O)NCCCCn2cc(CNc3cccc4c3C(=O)N(C3CCC(=O)NC3=O)C4=O)nn2)nc1. The second-order valence-electron chi connectivity index (χ2n) is 15.8. The molecule has 1 saturated carbocycles. The number of nitrogens with zero attached hydrogens (tertiary/aromatic N) is 6. The van der Waals surface area contributed by atoms with Gasteiger partial charge < -0.3 is 26.0 Å². The number of carbonyl (C=O) groups is 6. The Balaban J connectivity index is 0.789. The Labute approximate surface area is 366 Å². The minimum atomic E-state index is -1.05. The van der Waals surface area contributed by atoms with Crippen molar-refractivity contribution < 1.29 is 33.5 Å². The second kappa shape index (κ2) is 17.8. The molecule has 324 valence electrons. The van der Waals surface area contributed by atoms with Gasteiger partial charge in [0.05, 0.1) is 47.7 Å². The average Bonchev–Trinajstić information content (AvgIpc) is 3.94. The molecule has 18 nitrogen and oxygen atoms in total. The van der Waals surface area contributed by atoms with E-state index in [0.29, 0.717) is 71.0 Å². The Kier molecular flexibility index (Phi) is 11.5. The zero-order valence-corrected chi connectivity index (χ0v) is 34.7. The molecule has 6 amide bonds. The number of unbranched alkanes of at least 4 members (excludes halogenated alkanes) is 1. The average molecular weight is 862 g/mol. The van der Waals surface area contributed by atoms with Gasteiger partial charge in [-0.3, -0.25) is 53.6 Å². The van der Waals surface area contributed by atoms with Gasteiger partial charge in [0, 0.05) is 71.9 Å². The van der Waals surface area contributed by atoms with Crippen LogP contribution in [0.5, 0.6) is 5.75 Å². The maximum atomic E-state index is 13.4. The minimum Gasteiger partial charge on any atom is -0.496 e. The van der Waals surface area contributed by atoms with E-state index in [1.807, 2.05) is 48.5 Å². The van der Waals surface area contributed by atoms with Gasteiger partial charge in [-0.2, -0.15) is 0 Å². The van der Waals surface area contributed by atoms with E-state index in [4.69, 9.17) is 4.74 Å². The molecular formula is C46H43N11O7. The van der Waals surface area contributed by atoms with Crippen LogP contribution < -0.4 is 31.3 Å². The van der Waals surface area contributed by atoms with Crippen molar-refractivity contribution in [3.05, 3.63) is 119 Å². The van der Waals surface area contributed by atoms with Crippen LogP contribution in [-0.4, -0.2) is 91.0 Å². The monoisotopic (exact) mass is 861 g/mol. The molecule has 3 aromatic heterocycles. The van der Waals surface area contributed by atoms with Crippen molar-refractivity contribution in [1.82, 2.24) is 45.8 Å². The summed E-state index contributed by atoms with van der Waals surface area (Å²) >= 11 is 0. The number of amides is 6. The quantitative estimate of drug-likeness (QED) is 0.0654. The van der Waals surface area contributed by atoms with E-state index < -0.39 is 29.7 Å². The third kappa shape index (κ3) is 8.57. The van der Waals surface area contributed by atoms with Gasteiger partial charge in [-0.25, -0.2) is 0 Å². The van der Waals surface area contributed by atoms with Crippen LogP contribution in [0.2, 0.25) is 0 Å². The Bertz CT molecular complexity index is 2820. The molecule has 64 heavy (non-hydrogen) atoms. The maximum absolute atomic E-state index is 13.4. The molecule has 18 heteroatoms. The molecule has 2 fully saturated rings. The van der Waals surface area contributed by atoms with Gasteiger partial charge in [-0.15, -0.1) is 5.10 Å². The molecule has 5 N–H and O–H groups in total. The molecule has 5 heterocycles. The number of ether oxygens (including phenoxy) is 1. The lowest BCUT2D eigenvalue weighted by Crippen LogP contribution is -2.54. The van der Waals surface area contributed by atoms with E-state index in [1.165, 1.54) is 6.07 Å². The van der Waals surface area contributed by atoms with Crippen molar-refractivity contribution in [3.63, 3.8) is 0 Å². The number of hydrogen-bond donors (Lipinski definition) is 5. The van der Waals surface area contributed by atoms with E-state index in [1.54, 1.807) is 48.6 Å². The van der Waals surface area contributed by atoms with Crippen LogP contribution in [0.1, 0.15) is 85.8 Å². The molecule has 0 bridgehead atoms. The lowest BCUT2D eigenvalue weighted by atomic mass is 10.00. The molecule has 6 aromatic rings. The Morgan fingerprint density at radius 1 is 0.875 bits per heavy atom. The molecular weight excluding hydrogens is 819 g/mol. The van der Waals surface area contributed by atoms with Crippen molar-refractivity contribution in [2.24, 2.45) is 0 Å². The second-order valence-corrected chi connectivity index (χ2v) is 15.8. The molecule has 0 radical (unpaired) electrons. The topological polar surface area (TPSA) is 232 Å². The largest absolute Gasteiger partial charge is 0.496 e. The van der Waals surface area contributed by atoms with Crippen LogP contribution in [-0.2, 0) is 22.7 Å². The standard InChI is InChI=1S/C46H43N11O7/c1-64-38-21-36-32(41(51-27-8-3-2-4-9-27)33(24-50-36)42(59)52-28-13-14-28)20-31(38)26-12-15-35(48-22-26)43(60)47-18-5-6-19-56-25-29(54-55-56)23-49-34-11-7-10-30-40(34)46(63)57(45(30)62)37-16-17-39(58)53-44(37)61/h2-4,7-12,15,20-22,24-25,28,37,49H,5-6,13-14,16-19,23H2,1H3,(H,47,60)(H,50,51)(H,52,59)(H,53,58,61). The number of methoxy groups -OCH3 is 1. The Morgan fingerprint density at radius 3 is 2.48 bits per heavy atom.